The van der Waals surface area contributed by atoms with Crippen LogP contribution in [0.1, 0.15) is 15.9 Å². The van der Waals surface area contributed by atoms with Gasteiger partial charge < -0.3 is 9.84 Å². The number of carbonyl (C=O) groups is 1. The molecule has 6 nitrogen and oxygen atoms in total. The second-order valence-electron chi connectivity index (χ2n) is 4.67. The molecule has 0 aliphatic carbocycles. The van der Waals surface area contributed by atoms with Gasteiger partial charge in [0.1, 0.15) is 5.82 Å². The van der Waals surface area contributed by atoms with Crippen molar-refractivity contribution in [3.8, 4) is 11.5 Å². The molecule has 0 aromatic heterocycles. The highest BCUT2D eigenvalue weighted by Crippen LogP contribution is 2.37. The van der Waals surface area contributed by atoms with E-state index < -0.39 is 28.0 Å². The molecule has 0 bridgehead atoms. The molecule has 24 heavy (non-hydrogen) atoms. The average Bonchev–Trinajstić information content (AvgIpc) is 2.55. The third kappa shape index (κ3) is 3.77. The van der Waals surface area contributed by atoms with Crippen molar-refractivity contribution in [2.24, 2.45) is 0 Å². The lowest BCUT2D eigenvalue weighted by Gasteiger charge is -2.05. The van der Waals surface area contributed by atoms with E-state index >= 15 is 0 Å². The van der Waals surface area contributed by atoms with Crippen LogP contribution in [-0.4, -0.2) is 22.9 Å². The van der Waals surface area contributed by atoms with E-state index in [1.165, 1.54) is 31.4 Å². The number of hydrogen-bond acceptors (Lipinski definition) is 5. The molecule has 0 spiro atoms. The lowest BCUT2D eigenvalue weighted by Crippen LogP contribution is -1.98. The van der Waals surface area contributed by atoms with Gasteiger partial charge in [0.25, 0.3) is 0 Å². The molecule has 8 heteroatoms. The van der Waals surface area contributed by atoms with Crippen LogP contribution in [-0.2, 0) is 0 Å². The van der Waals surface area contributed by atoms with Crippen LogP contribution in [0.3, 0.4) is 0 Å². The topological polar surface area (TPSA) is 89.7 Å². The van der Waals surface area contributed by atoms with Crippen LogP contribution in [0.5, 0.6) is 11.5 Å². The number of nitro groups is 1. The number of allylic oxidation sites excluding steroid dienone is 1. The first kappa shape index (κ1) is 17.6. The zero-order chi connectivity index (χ0) is 17.9. The summed E-state index contributed by atoms with van der Waals surface area (Å²) in [5, 5.41) is 20.6. The summed E-state index contributed by atoms with van der Waals surface area (Å²) in [5.74, 6) is -2.00. The number of hydrogen-bond donors (Lipinski definition) is 1. The van der Waals surface area contributed by atoms with Crippen molar-refractivity contribution in [1.82, 2.24) is 0 Å². The number of ether oxygens (including phenoxy) is 1. The van der Waals surface area contributed by atoms with Crippen molar-refractivity contribution in [2.75, 3.05) is 7.11 Å². The van der Waals surface area contributed by atoms with E-state index in [-0.39, 0.29) is 16.9 Å². The maximum Gasteiger partial charge on any atom is 0.315 e. The van der Waals surface area contributed by atoms with Crippen LogP contribution in [0.25, 0.3) is 6.08 Å². The third-order valence-electron chi connectivity index (χ3n) is 3.11. The van der Waals surface area contributed by atoms with Gasteiger partial charge in [0, 0.05) is 10.5 Å². The van der Waals surface area contributed by atoms with Gasteiger partial charge in [0.2, 0.25) is 5.75 Å². The fourth-order valence-corrected chi connectivity index (χ4v) is 2.31. The summed E-state index contributed by atoms with van der Waals surface area (Å²) in [5.41, 5.74) is -0.448. The number of ketones is 1. The highest BCUT2D eigenvalue weighted by molar-refractivity contribution is 9.10. The van der Waals surface area contributed by atoms with E-state index in [4.69, 9.17) is 4.74 Å². The number of benzene rings is 2. The van der Waals surface area contributed by atoms with Crippen molar-refractivity contribution in [2.45, 2.75) is 0 Å². The van der Waals surface area contributed by atoms with Crippen LogP contribution in [0.15, 0.2) is 40.9 Å². The highest BCUT2D eigenvalue weighted by atomic mass is 79.9. The van der Waals surface area contributed by atoms with Gasteiger partial charge in [0.15, 0.2) is 11.5 Å². The molecule has 0 heterocycles. The van der Waals surface area contributed by atoms with E-state index in [0.717, 1.165) is 18.2 Å². The fraction of sp³-hybridized carbons (Fsp3) is 0.0625. The quantitative estimate of drug-likeness (QED) is 0.356. The van der Waals surface area contributed by atoms with Crippen LogP contribution in [0, 0.1) is 15.9 Å². The minimum absolute atomic E-state index is 0.107. The zero-order valence-electron chi connectivity index (χ0n) is 12.3. The molecule has 2 aromatic rings. The van der Waals surface area contributed by atoms with Gasteiger partial charge in [0.05, 0.1) is 17.6 Å². The van der Waals surface area contributed by atoms with E-state index in [2.05, 4.69) is 15.9 Å². The number of phenolic OH excluding ortho intramolecular Hbond substituents is 1. The van der Waals surface area contributed by atoms with Gasteiger partial charge in [-0.25, -0.2) is 4.39 Å². The van der Waals surface area contributed by atoms with Gasteiger partial charge in [-0.2, -0.15) is 0 Å². The molecule has 1 N–H and O–H groups in total. The largest absolute Gasteiger partial charge is 0.500 e. The van der Waals surface area contributed by atoms with Gasteiger partial charge in [-0.05, 0) is 35.9 Å². The second kappa shape index (κ2) is 7.22. The number of nitro benzene ring substituents is 1. The standard InChI is InChI=1S/C16H11BrFNO5/c1-24-15-7-9(6-13(16(15)21)19(22)23)2-5-14(20)11-8-10(17)3-4-12(11)18/h2-8,21H,1H3/b5-2+. The summed E-state index contributed by atoms with van der Waals surface area (Å²) in [7, 11) is 1.24. The number of aromatic hydroxyl groups is 1. The van der Waals surface area contributed by atoms with Crippen LogP contribution < -0.4 is 4.74 Å². The van der Waals surface area contributed by atoms with Crippen LogP contribution in [0.4, 0.5) is 10.1 Å². The van der Waals surface area contributed by atoms with Gasteiger partial charge in [-0.3, -0.25) is 14.9 Å². The Labute approximate surface area is 144 Å². The Kier molecular flexibility index (Phi) is 5.30. The minimum Gasteiger partial charge on any atom is -0.500 e. The van der Waals surface area contributed by atoms with E-state index in [0.29, 0.717) is 4.47 Å². The Morgan fingerprint density at radius 3 is 2.71 bits per heavy atom. The molecular weight excluding hydrogens is 385 g/mol. The predicted octanol–water partition coefficient (Wildman–Crippen LogP) is 4.11. The molecule has 0 atom stereocenters. The third-order valence-corrected chi connectivity index (χ3v) is 3.61. The molecule has 2 aromatic carbocycles. The number of halogens is 2. The van der Waals surface area contributed by atoms with Crippen molar-refractivity contribution >= 4 is 33.5 Å². The molecule has 2 rings (SSSR count). The maximum absolute atomic E-state index is 13.7. The molecule has 0 saturated heterocycles. The molecule has 0 amide bonds. The summed E-state index contributed by atoms with van der Waals surface area (Å²) in [6, 6.07) is 6.35. The number of nitrogens with zero attached hydrogens (tertiary/aromatic N) is 1. The fourth-order valence-electron chi connectivity index (χ4n) is 1.95. The van der Waals surface area contributed by atoms with Crippen molar-refractivity contribution in [3.05, 3.63) is 67.9 Å². The average molecular weight is 396 g/mol. The van der Waals surface area contributed by atoms with E-state index in [1.807, 2.05) is 0 Å². The molecule has 0 fully saturated rings. The SMILES string of the molecule is COc1cc(/C=C/C(=O)c2cc(Br)ccc2F)cc([N+](=O)[O-])c1O. The highest BCUT2D eigenvalue weighted by Gasteiger charge is 2.19. The van der Waals surface area contributed by atoms with Crippen molar-refractivity contribution in [3.63, 3.8) is 0 Å². The number of carbonyl (C=O) groups excluding carboxylic acids is 1. The van der Waals surface area contributed by atoms with Crippen molar-refractivity contribution in [1.29, 1.82) is 0 Å². The molecular formula is C16H11BrFNO5. The van der Waals surface area contributed by atoms with Gasteiger partial charge >= 0.3 is 5.69 Å². The van der Waals surface area contributed by atoms with Gasteiger partial charge in [-0.1, -0.05) is 22.0 Å². The Hall–Kier alpha value is -2.74. The van der Waals surface area contributed by atoms with Crippen LogP contribution >= 0.6 is 15.9 Å². The minimum atomic E-state index is -0.773. The smallest absolute Gasteiger partial charge is 0.315 e. The Morgan fingerprint density at radius 2 is 2.08 bits per heavy atom. The number of rotatable bonds is 5. The Morgan fingerprint density at radius 1 is 1.38 bits per heavy atom. The van der Waals surface area contributed by atoms with Crippen molar-refractivity contribution < 1.29 is 24.0 Å². The summed E-state index contributed by atoms with van der Waals surface area (Å²) in [4.78, 5) is 22.2. The lowest BCUT2D eigenvalue weighted by atomic mass is 10.1. The van der Waals surface area contributed by atoms with E-state index in [1.54, 1.807) is 0 Å². The summed E-state index contributed by atoms with van der Waals surface area (Å²) in [6.45, 7) is 0. The monoisotopic (exact) mass is 395 g/mol. The first-order valence-corrected chi connectivity index (χ1v) is 7.35. The van der Waals surface area contributed by atoms with Gasteiger partial charge in [-0.15, -0.1) is 0 Å². The molecule has 0 aliphatic heterocycles. The number of phenols is 1. The molecule has 124 valence electrons. The van der Waals surface area contributed by atoms with Crippen LogP contribution in [0.2, 0.25) is 0 Å². The zero-order valence-corrected chi connectivity index (χ0v) is 13.9. The summed E-state index contributed by atoms with van der Waals surface area (Å²) >= 11 is 3.15. The maximum atomic E-state index is 13.7. The first-order valence-electron chi connectivity index (χ1n) is 6.56. The summed E-state index contributed by atoms with van der Waals surface area (Å²) in [6.07, 6.45) is 2.36. The molecule has 0 saturated carbocycles. The lowest BCUT2D eigenvalue weighted by molar-refractivity contribution is -0.386. The predicted molar refractivity (Wildman–Crippen MR) is 88.8 cm³/mol. The Balaban J connectivity index is 2.38. The first-order chi connectivity index (χ1) is 11.3. The Bertz CT molecular complexity index is 851. The normalized spacial score (nSPS) is 10.8. The molecule has 0 unspecified atom stereocenters. The molecule has 0 radical (unpaired) electrons. The molecule has 0 aliphatic rings. The summed E-state index contributed by atoms with van der Waals surface area (Å²) < 4.78 is 19.1. The number of methoxy groups -OCH3 is 1. The van der Waals surface area contributed by atoms with E-state index in [9.17, 15) is 24.4 Å². The second-order valence-corrected chi connectivity index (χ2v) is 5.59.